The van der Waals surface area contributed by atoms with Crippen LogP contribution in [0.25, 0.3) is 0 Å². The maximum absolute atomic E-state index is 13.1. The van der Waals surface area contributed by atoms with E-state index in [1.54, 1.807) is 0 Å². The highest BCUT2D eigenvalue weighted by molar-refractivity contribution is 5.39. The van der Waals surface area contributed by atoms with E-state index in [1.807, 2.05) is 13.8 Å². The predicted molar refractivity (Wildman–Crippen MR) is 103 cm³/mol. The zero-order valence-corrected chi connectivity index (χ0v) is 17.7. The standard InChI is InChI=1S/C22H22F9NO/c1-3-18(4-2)33-19-6-5-15(20(23,24)25)9-14(19)12-32-11-13-7-16(21(26,27)28)10-17(8-13)22(29,30)31/h5-10,18,32H,3-4,11-12H2,1-2H3. The summed E-state index contributed by atoms with van der Waals surface area (Å²) in [6.07, 6.45) is -13.7. The number of nitrogens with one attached hydrogen (secondary N) is 1. The van der Waals surface area contributed by atoms with Gasteiger partial charge in [0, 0.05) is 18.7 Å². The molecular formula is C22H22F9NO. The maximum atomic E-state index is 13.1. The molecule has 0 saturated heterocycles. The summed E-state index contributed by atoms with van der Waals surface area (Å²) < 4.78 is 123. The van der Waals surface area contributed by atoms with E-state index in [4.69, 9.17) is 4.74 Å². The van der Waals surface area contributed by atoms with Gasteiger partial charge >= 0.3 is 18.5 Å². The zero-order valence-electron chi connectivity index (χ0n) is 17.7. The van der Waals surface area contributed by atoms with Crippen LogP contribution >= 0.6 is 0 Å². The summed E-state index contributed by atoms with van der Waals surface area (Å²) in [5.41, 5.74) is -4.11. The highest BCUT2D eigenvalue weighted by atomic mass is 19.4. The van der Waals surface area contributed by atoms with Crippen LogP contribution in [0.4, 0.5) is 39.5 Å². The fourth-order valence-corrected chi connectivity index (χ4v) is 3.11. The van der Waals surface area contributed by atoms with Crippen LogP contribution in [-0.2, 0) is 31.6 Å². The van der Waals surface area contributed by atoms with Crippen LogP contribution < -0.4 is 10.1 Å². The van der Waals surface area contributed by atoms with E-state index >= 15 is 0 Å². The molecule has 0 aromatic heterocycles. The molecule has 0 spiro atoms. The Hall–Kier alpha value is -2.43. The Morgan fingerprint density at radius 2 is 1.21 bits per heavy atom. The summed E-state index contributed by atoms with van der Waals surface area (Å²) in [7, 11) is 0. The first-order chi connectivity index (χ1) is 15.1. The quantitative estimate of drug-likeness (QED) is 0.387. The first-order valence-electron chi connectivity index (χ1n) is 10.0. The van der Waals surface area contributed by atoms with Crippen molar-refractivity contribution in [2.75, 3.05) is 0 Å². The smallest absolute Gasteiger partial charge is 0.416 e. The van der Waals surface area contributed by atoms with E-state index in [-0.39, 0.29) is 35.6 Å². The predicted octanol–water partition coefficient (Wildman–Crippen LogP) is 7.60. The lowest BCUT2D eigenvalue weighted by Gasteiger charge is -2.20. The molecular weight excluding hydrogens is 465 g/mol. The lowest BCUT2D eigenvalue weighted by molar-refractivity contribution is -0.143. The van der Waals surface area contributed by atoms with Gasteiger partial charge in [0.25, 0.3) is 0 Å². The lowest BCUT2D eigenvalue weighted by Crippen LogP contribution is -2.19. The number of alkyl halides is 9. The SMILES string of the molecule is CCC(CC)Oc1ccc(C(F)(F)F)cc1CNCc1cc(C(F)(F)F)cc(C(F)(F)F)c1. The average Bonchev–Trinajstić information content (AvgIpc) is 2.70. The molecule has 0 radical (unpaired) electrons. The normalized spacial score (nSPS) is 13.0. The van der Waals surface area contributed by atoms with Crippen LogP contribution in [0.15, 0.2) is 36.4 Å². The van der Waals surface area contributed by atoms with Crippen LogP contribution in [0, 0.1) is 0 Å². The van der Waals surface area contributed by atoms with E-state index in [9.17, 15) is 39.5 Å². The van der Waals surface area contributed by atoms with Gasteiger partial charge in [0.05, 0.1) is 22.8 Å². The maximum Gasteiger partial charge on any atom is 0.416 e. The van der Waals surface area contributed by atoms with Crippen molar-refractivity contribution in [3.8, 4) is 5.75 Å². The highest BCUT2D eigenvalue weighted by Crippen LogP contribution is 2.37. The van der Waals surface area contributed by atoms with Crippen LogP contribution in [0.2, 0.25) is 0 Å². The molecule has 0 saturated carbocycles. The molecule has 11 heteroatoms. The van der Waals surface area contributed by atoms with Crippen LogP contribution in [0.1, 0.15) is 54.5 Å². The molecule has 0 aliphatic heterocycles. The Bertz CT molecular complexity index is 897. The molecule has 0 bridgehead atoms. The van der Waals surface area contributed by atoms with E-state index in [1.165, 1.54) is 0 Å². The Morgan fingerprint density at radius 3 is 1.67 bits per heavy atom. The van der Waals surface area contributed by atoms with Crippen molar-refractivity contribution in [1.29, 1.82) is 0 Å². The summed E-state index contributed by atoms with van der Waals surface area (Å²) in [5.74, 6) is 0.157. The van der Waals surface area contributed by atoms with Crippen molar-refractivity contribution < 1.29 is 44.3 Å². The summed E-state index contributed by atoms with van der Waals surface area (Å²) in [5, 5.41) is 2.62. The van der Waals surface area contributed by atoms with Gasteiger partial charge in [0.2, 0.25) is 0 Å². The van der Waals surface area contributed by atoms with Gasteiger partial charge in [-0.3, -0.25) is 0 Å². The molecule has 0 aliphatic rings. The third-order valence-corrected chi connectivity index (χ3v) is 4.88. The van der Waals surface area contributed by atoms with E-state index in [2.05, 4.69) is 5.32 Å². The van der Waals surface area contributed by atoms with E-state index in [0.717, 1.165) is 18.2 Å². The second-order valence-corrected chi connectivity index (χ2v) is 7.39. The third-order valence-electron chi connectivity index (χ3n) is 4.88. The number of rotatable bonds is 8. The fourth-order valence-electron chi connectivity index (χ4n) is 3.11. The minimum absolute atomic E-state index is 0.0118. The molecule has 0 amide bonds. The second-order valence-electron chi connectivity index (χ2n) is 7.39. The fraction of sp³-hybridized carbons (Fsp3) is 0.455. The van der Waals surface area contributed by atoms with Gasteiger partial charge in [-0.15, -0.1) is 0 Å². The molecule has 0 atom stereocenters. The van der Waals surface area contributed by atoms with E-state index in [0.29, 0.717) is 25.0 Å². The summed E-state index contributed by atoms with van der Waals surface area (Å²) in [6, 6.07) is 4.00. The molecule has 33 heavy (non-hydrogen) atoms. The molecule has 0 fully saturated rings. The molecule has 1 N–H and O–H groups in total. The molecule has 2 aromatic carbocycles. The van der Waals surface area contributed by atoms with E-state index < -0.39 is 41.8 Å². The molecule has 0 aliphatic carbocycles. The molecule has 0 unspecified atom stereocenters. The lowest BCUT2D eigenvalue weighted by atomic mass is 10.0. The van der Waals surface area contributed by atoms with Crippen molar-refractivity contribution in [2.24, 2.45) is 0 Å². The zero-order chi connectivity index (χ0) is 25.0. The van der Waals surface area contributed by atoms with Crippen molar-refractivity contribution in [1.82, 2.24) is 5.32 Å². The minimum atomic E-state index is -4.99. The number of benzene rings is 2. The third kappa shape index (κ3) is 7.55. The number of halogens is 9. The van der Waals surface area contributed by atoms with Crippen LogP contribution in [0.5, 0.6) is 5.75 Å². The molecule has 2 rings (SSSR count). The Kier molecular flexibility index (Phi) is 8.32. The van der Waals surface area contributed by atoms with Gasteiger partial charge < -0.3 is 10.1 Å². The largest absolute Gasteiger partial charge is 0.490 e. The van der Waals surface area contributed by atoms with Gasteiger partial charge in [-0.25, -0.2) is 0 Å². The van der Waals surface area contributed by atoms with Crippen molar-refractivity contribution in [3.63, 3.8) is 0 Å². The average molecular weight is 487 g/mol. The van der Waals surface area contributed by atoms with Crippen LogP contribution in [-0.4, -0.2) is 6.10 Å². The molecule has 2 nitrogen and oxygen atoms in total. The van der Waals surface area contributed by atoms with Crippen LogP contribution in [0.3, 0.4) is 0 Å². The summed E-state index contributed by atoms with van der Waals surface area (Å²) >= 11 is 0. The topological polar surface area (TPSA) is 21.3 Å². The molecule has 184 valence electrons. The second kappa shape index (κ2) is 10.2. The summed E-state index contributed by atoms with van der Waals surface area (Å²) in [4.78, 5) is 0. The van der Waals surface area contributed by atoms with Gasteiger partial charge in [-0.05, 0) is 54.8 Å². The van der Waals surface area contributed by atoms with Gasteiger partial charge in [-0.1, -0.05) is 13.8 Å². The number of ether oxygens (including phenoxy) is 1. The van der Waals surface area contributed by atoms with Crippen molar-refractivity contribution in [2.45, 2.75) is 64.4 Å². The van der Waals surface area contributed by atoms with Gasteiger partial charge in [0.1, 0.15) is 5.75 Å². The summed E-state index contributed by atoms with van der Waals surface area (Å²) in [6.45, 7) is 2.97. The monoisotopic (exact) mass is 487 g/mol. The van der Waals surface area contributed by atoms with Crippen molar-refractivity contribution >= 4 is 0 Å². The molecule has 2 aromatic rings. The number of hydrogen-bond acceptors (Lipinski definition) is 2. The number of hydrogen-bond donors (Lipinski definition) is 1. The van der Waals surface area contributed by atoms with Gasteiger partial charge in [-0.2, -0.15) is 39.5 Å². The highest BCUT2D eigenvalue weighted by Gasteiger charge is 2.37. The molecule has 0 heterocycles. The first kappa shape index (κ1) is 26.8. The minimum Gasteiger partial charge on any atom is -0.490 e. The Balaban J connectivity index is 2.30. The Labute approximate surface area is 184 Å². The van der Waals surface area contributed by atoms with Gasteiger partial charge in [0.15, 0.2) is 0 Å². The van der Waals surface area contributed by atoms with Crippen molar-refractivity contribution in [3.05, 3.63) is 64.2 Å². The Morgan fingerprint density at radius 1 is 0.697 bits per heavy atom. The first-order valence-corrected chi connectivity index (χ1v) is 10.0.